The van der Waals surface area contributed by atoms with Crippen molar-refractivity contribution in [1.82, 2.24) is 9.80 Å². The van der Waals surface area contributed by atoms with Gasteiger partial charge < -0.3 is 4.90 Å². The van der Waals surface area contributed by atoms with Crippen LogP contribution < -0.4 is 0 Å². The smallest absolute Gasteiger partial charge is 0.219 e. The average Bonchev–Trinajstić information content (AvgIpc) is 2.62. The first-order valence-electron chi connectivity index (χ1n) is 5.18. The first-order chi connectivity index (χ1) is 6.19. The van der Waals surface area contributed by atoms with E-state index in [1.54, 1.807) is 6.92 Å². The Bertz CT molecular complexity index is 246. The summed E-state index contributed by atoms with van der Waals surface area (Å²) in [5.74, 6) is 0.246. The molecule has 0 aromatic rings. The molecule has 3 aliphatic rings. The number of carbonyl (C=O) groups excluding carboxylic acids is 1. The van der Waals surface area contributed by atoms with Crippen LogP contribution in [0.25, 0.3) is 0 Å². The second kappa shape index (κ2) is 2.27. The van der Waals surface area contributed by atoms with Gasteiger partial charge in [-0.25, -0.2) is 0 Å². The van der Waals surface area contributed by atoms with Crippen molar-refractivity contribution in [3.05, 3.63) is 0 Å². The highest BCUT2D eigenvalue weighted by molar-refractivity contribution is 5.74. The molecule has 1 saturated carbocycles. The Morgan fingerprint density at radius 2 is 1.85 bits per heavy atom. The molecular weight excluding hydrogens is 164 g/mol. The maximum absolute atomic E-state index is 11.0. The maximum atomic E-state index is 11.0. The highest BCUT2D eigenvalue weighted by atomic mass is 16.2. The molecule has 0 unspecified atom stereocenters. The van der Waals surface area contributed by atoms with Gasteiger partial charge in [-0.2, -0.15) is 0 Å². The van der Waals surface area contributed by atoms with E-state index in [2.05, 4.69) is 4.90 Å². The Morgan fingerprint density at radius 3 is 2.31 bits per heavy atom. The van der Waals surface area contributed by atoms with Crippen LogP contribution in [0.3, 0.4) is 0 Å². The molecule has 1 spiro atoms. The van der Waals surface area contributed by atoms with Gasteiger partial charge in [0.25, 0.3) is 0 Å². The summed E-state index contributed by atoms with van der Waals surface area (Å²) < 4.78 is 0. The van der Waals surface area contributed by atoms with Crippen LogP contribution in [-0.2, 0) is 4.79 Å². The Morgan fingerprint density at radius 1 is 1.23 bits per heavy atom. The zero-order valence-electron chi connectivity index (χ0n) is 8.12. The zero-order chi connectivity index (χ0) is 9.05. The number of rotatable bonds is 1. The van der Waals surface area contributed by atoms with Crippen LogP contribution in [0.15, 0.2) is 0 Å². The molecule has 0 bridgehead atoms. The Kier molecular flexibility index (Phi) is 1.36. The second-order valence-electron chi connectivity index (χ2n) is 5.01. The summed E-state index contributed by atoms with van der Waals surface area (Å²) in [5, 5.41) is 0. The summed E-state index contributed by atoms with van der Waals surface area (Å²) in [6, 6.07) is 0.914. The third kappa shape index (κ3) is 1.10. The van der Waals surface area contributed by atoms with Crippen LogP contribution in [0.1, 0.15) is 19.8 Å². The topological polar surface area (TPSA) is 23.6 Å². The fourth-order valence-electron chi connectivity index (χ4n) is 2.70. The van der Waals surface area contributed by atoms with Crippen molar-refractivity contribution >= 4 is 5.91 Å². The number of likely N-dealkylation sites (tertiary alicyclic amines) is 2. The SMILES string of the molecule is CC(=O)N1CC2(C1)CN(C1CC1)C2. The molecule has 0 aromatic heterocycles. The molecule has 3 nitrogen and oxygen atoms in total. The third-order valence-corrected chi connectivity index (χ3v) is 3.64. The van der Waals surface area contributed by atoms with Crippen molar-refractivity contribution < 1.29 is 4.79 Å². The highest BCUT2D eigenvalue weighted by Crippen LogP contribution is 2.44. The standard InChI is InChI=1S/C10H16N2O/c1-8(13)11-4-10(5-11)6-12(7-10)9-2-3-9/h9H,2-7H2,1H3. The van der Waals surface area contributed by atoms with Gasteiger partial charge in [-0.05, 0) is 12.8 Å². The van der Waals surface area contributed by atoms with E-state index in [9.17, 15) is 4.79 Å². The number of carbonyl (C=O) groups is 1. The molecule has 72 valence electrons. The lowest BCUT2D eigenvalue weighted by Gasteiger charge is -2.60. The van der Waals surface area contributed by atoms with E-state index in [1.807, 2.05) is 4.90 Å². The van der Waals surface area contributed by atoms with Crippen molar-refractivity contribution in [2.45, 2.75) is 25.8 Å². The lowest BCUT2D eigenvalue weighted by Crippen LogP contribution is -2.72. The first-order valence-corrected chi connectivity index (χ1v) is 5.18. The van der Waals surface area contributed by atoms with E-state index in [4.69, 9.17) is 0 Å². The summed E-state index contributed by atoms with van der Waals surface area (Å²) in [5.41, 5.74) is 0.522. The minimum absolute atomic E-state index is 0.246. The van der Waals surface area contributed by atoms with E-state index >= 15 is 0 Å². The molecule has 2 aliphatic heterocycles. The minimum atomic E-state index is 0.246. The van der Waals surface area contributed by atoms with Gasteiger partial charge in [0.1, 0.15) is 0 Å². The third-order valence-electron chi connectivity index (χ3n) is 3.64. The molecule has 1 amide bonds. The largest absolute Gasteiger partial charge is 0.341 e. The van der Waals surface area contributed by atoms with Crippen molar-refractivity contribution in [3.63, 3.8) is 0 Å². The summed E-state index contributed by atoms with van der Waals surface area (Å²) in [6.45, 7) is 6.21. The number of hydrogen-bond acceptors (Lipinski definition) is 2. The summed E-state index contributed by atoms with van der Waals surface area (Å²) in [6.07, 6.45) is 2.82. The fourth-order valence-corrected chi connectivity index (χ4v) is 2.70. The number of hydrogen-bond donors (Lipinski definition) is 0. The number of amides is 1. The molecular formula is C10H16N2O. The lowest BCUT2D eigenvalue weighted by molar-refractivity contribution is -0.157. The lowest BCUT2D eigenvalue weighted by atomic mass is 9.72. The van der Waals surface area contributed by atoms with E-state index < -0.39 is 0 Å². The van der Waals surface area contributed by atoms with Gasteiger partial charge in [-0.1, -0.05) is 0 Å². The molecule has 0 radical (unpaired) electrons. The second-order valence-corrected chi connectivity index (χ2v) is 5.01. The average molecular weight is 180 g/mol. The molecule has 0 atom stereocenters. The van der Waals surface area contributed by atoms with Crippen molar-refractivity contribution in [1.29, 1.82) is 0 Å². The van der Waals surface area contributed by atoms with Crippen molar-refractivity contribution in [3.8, 4) is 0 Å². The van der Waals surface area contributed by atoms with E-state index in [-0.39, 0.29) is 5.91 Å². The molecule has 3 fully saturated rings. The van der Waals surface area contributed by atoms with Gasteiger partial charge in [-0.3, -0.25) is 9.69 Å². The quantitative estimate of drug-likeness (QED) is 0.580. The van der Waals surface area contributed by atoms with Gasteiger partial charge in [0.05, 0.1) is 0 Å². The minimum Gasteiger partial charge on any atom is -0.341 e. The Labute approximate surface area is 78.7 Å². The molecule has 13 heavy (non-hydrogen) atoms. The van der Waals surface area contributed by atoms with Crippen LogP contribution in [0.5, 0.6) is 0 Å². The van der Waals surface area contributed by atoms with Crippen LogP contribution in [0.2, 0.25) is 0 Å². The monoisotopic (exact) mass is 180 g/mol. The summed E-state index contributed by atoms with van der Waals surface area (Å²) >= 11 is 0. The van der Waals surface area contributed by atoms with Crippen LogP contribution in [0.4, 0.5) is 0 Å². The zero-order valence-corrected chi connectivity index (χ0v) is 8.12. The van der Waals surface area contributed by atoms with Gasteiger partial charge in [0, 0.05) is 44.6 Å². The molecule has 1 aliphatic carbocycles. The summed E-state index contributed by atoms with van der Waals surface area (Å²) in [7, 11) is 0. The predicted molar refractivity (Wildman–Crippen MR) is 49.3 cm³/mol. The van der Waals surface area contributed by atoms with E-state index in [0.29, 0.717) is 5.41 Å². The Hall–Kier alpha value is -0.570. The van der Waals surface area contributed by atoms with Crippen molar-refractivity contribution in [2.75, 3.05) is 26.2 Å². The summed E-state index contributed by atoms with van der Waals surface area (Å²) in [4.78, 5) is 15.5. The Balaban J connectivity index is 1.51. The van der Waals surface area contributed by atoms with Gasteiger partial charge in [0.15, 0.2) is 0 Å². The fraction of sp³-hybridized carbons (Fsp3) is 0.900. The van der Waals surface area contributed by atoms with Gasteiger partial charge in [-0.15, -0.1) is 0 Å². The van der Waals surface area contributed by atoms with Gasteiger partial charge in [0.2, 0.25) is 5.91 Å². The van der Waals surface area contributed by atoms with Crippen LogP contribution in [-0.4, -0.2) is 47.9 Å². The maximum Gasteiger partial charge on any atom is 0.219 e. The van der Waals surface area contributed by atoms with Crippen molar-refractivity contribution in [2.24, 2.45) is 5.41 Å². The van der Waals surface area contributed by atoms with E-state index in [0.717, 1.165) is 19.1 Å². The predicted octanol–water partition coefficient (Wildman–Crippen LogP) is 0.313. The number of nitrogens with zero attached hydrogens (tertiary/aromatic N) is 2. The molecule has 2 heterocycles. The van der Waals surface area contributed by atoms with Crippen LogP contribution >= 0.6 is 0 Å². The molecule has 3 rings (SSSR count). The normalized spacial score (nSPS) is 31.3. The van der Waals surface area contributed by atoms with Gasteiger partial charge >= 0.3 is 0 Å². The molecule has 2 saturated heterocycles. The van der Waals surface area contributed by atoms with E-state index in [1.165, 1.54) is 25.9 Å². The highest BCUT2D eigenvalue weighted by Gasteiger charge is 2.55. The van der Waals surface area contributed by atoms with Crippen LogP contribution in [0, 0.1) is 5.41 Å². The molecule has 0 aromatic carbocycles. The first kappa shape index (κ1) is 7.80. The molecule has 3 heteroatoms. The molecule has 0 N–H and O–H groups in total.